The van der Waals surface area contributed by atoms with Gasteiger partial charge in [0.25, 0.3) is 0 Å². The molecule has 3 heterocycles. The molecule has 2 aromatic heterocycles. The summed E-state index contributed by atoms with van der Waals surface area (Å²) in [5, 5.41) is 9.03. The predicted molar refractivity (Wildman–Crippen MR) is 86.4 cm³/mol. The van der Waals surface area contributed by atoms with Crippen LogP contribution in [0.15, 0.2) is 18.2 Å². The molecule has 1 atom stereocenters. The second kappa shape index (κ2) is 6.06. The summed E-state index contributed by atoms with van der Waals surface area (Å²) in [5.41, 5.74) is 12.5. The van der Waals surface area contributed by atoms with E-state index in [1.807, 2.05) is 6.07 Å². The maximum Gasteiger partial charge on any atom is 0.164 e. The first-order valence-corrected chi connectivity index (χ1v) is 7.24. The van der Waals surface area contributed by atoms with Crippen molar-refractivity contribution in [3.05, 3.63) is 23.9 Å². The number of pyridine rings is 1. The van der Waals surface area contributed by atoms with Crippen LogP contribution < -0.4 is 16.4 Å². The summed E-state index contributed by atoms with van der Waals surface area (Å²) in [6.45, 7) is 4.08. The first kappa shape index (κ1) is 15.0. The largest absolute Gasteiger partial charge is 0.384 e. The van der Waals surface area contributed by atoms with Crippen molar-refractivity contribution in [1.29, 1.82) is 5.26 Å². The number of anilines is 3. The van der Waals surface area contributed by atoms with Gasteiger partial charge in [-0.3, -0.25) is 0 Å². The molecule has 118 valence electrons. The van der Waals surface area contributed by atoms with Crippen molar-refractivity contribution in [2.24, 2.45) is 0 Å². The van der Waals surface area contributed by atoms with E-state index in [9.17, 15) is 0 Å². The molecule has 2 aromatic rings. The van der Waals surface area contributed by atoms with Gasteiger partial charge in [0.15, 0.2) is 5.82 Å². The highest BCUT2D eigenvalue weighted by molar-refractivity contribution is 5.64. The molecule has 1 fully saturated rings. The molecule has 23 heavy (non-hydrogen) atoms. The van der Waals surface area contributed by atoms with Gasteiger partial charge in [-0.05, 0) is 19.1 Å². The molecule has 1 aliphatic rings. The number of nitrogen functional groups attached to an aromatic ring is 2. The lowest BCUT2D eigenvalue weighted by molar-refractivity contribution is 0.0985. The molecule has 0 saturated carbocycles. The van der Waals surface area contributed by atoms with Crippen LogP contribution in [0.5, 0.6) is 0 Å². The topological polar surface area (TPSA) is 127 Å². The van der Waals surface area contributed by atoms with Crippen molar-refractivity contribution < 1.29 is 4.74 Å². The number of ether oxygens (including phenoxy) is 1. The molecule has 8 nitrogen and oxygen atoms in total. The number of nitrogens with zero attached hydrogens (tertiary/aromatic N) is 5. The molecule has 1 aliphatic heterocycles. The number of hydrogen-bond donors (Lipinski definition) is 2. The van der Waals surface area contributed by atoms with Crippen molar-refractivity contribution in [1.82, 2.24) is 15.0 Å². The number of hydrogen-bond acceptors (Lipinski definition) is 8. The average molecular weight is 311 g/mol. The summed E-state index contributed by atoms with van der Waals surface area (Å²) in [7, 11) is 0. The Morgan fingerprint density at radius 2 is 2.00 bits per heavy atom. The Bertz CT molecular complexity index is 771. The lowest BCUT2D eigenvalue weighted by Gasteiger charge is -2.34. The number of morpholine rings is 1. The summed E-state index contributed by atoms with van der Waals surface area (Å²) in [4.78, 5) is 14.9. The summed E-state index contributed by atoms with van der Waals surface area (Å²) in [5.74, 6) is 1.76. The van der Waals surface area contributed by atoms with E-state index in [4.69, 9.17) is 21.5 Å². The van der Waals surface area contributed by atoms with Crippen LogP contribution in [0, 0.1) is 11.3 Å². The fourth-order valence-corrected chi connectivity index (χ4v) is 2.53. The minimum Gasteiger partial charge on any atom is -0.384 e. The summed E-state index contributed by atoms with van der Waals surface area (Å²) >= 11 is 0. The van der Waals surface area contributed by atoms with Gasteiger partial charge in [0.1, 0.15) is 29.2 Å². The van der Waals surface area contributed by atoms with Gasteiger partial charge in [-0.2, -0.15) is 5.26 Å². The van der Waals surface area contributed by atoms with Crippen LogP contribution in [0.2, 0.25) is 0 Å². The van der Waals surface area contributed by atoms with E-state index >= 15 is 0 Å². The summed E-state index contributed by atoms with van der Waals surface area (Å²) < 4.78 is 5.45. The maximum atomic E-state index is 9.03. The second-order valence-corrected chi connectivity index (χ2v) is 5.37. The van der Waals surface area contributed by atoms with Gasteiger partial charge in [0, 0.05) is 18.2 Å². The number of nitriles is 1. The third-order valence-corrected chi connectivity index (χ3v) is 3.61. The van der Waals surface area contributed by atoms with Crippen LogP contribution in [0.25, 0.3) is 11.4 Å². The Labute approximate surface area is 133 Å². The van der Waals surface area contributed by atoms with Crippen LogP contribution in [0.4, 0.5) is 17.5 Å². The maximum absolute atomic E-state index is 9.03. The molecule has 3 rings (SSSR count). The van der Waals surface area contributed by atoms with E-state index in [-0.39, 0.29) is 17.6 Å². The molecule has 0 amide bonds. The Hall–Kier alpha value is -2.92. The van der Waals surface area contributed by atoms with E-state index < -0.39 is 0 Å². The zero-order valence-corrected chi connectivity index (χ0v) is 12.7. The third kappa shape index (κ3) is 3.14. The predicted octanol–water partition coefficient (Wildman–Crippen LogP) is 0.800. The van der Waals surface area contributed by atoms with E-state index in [1.165, 1.54) is 0 Å². The van der Waals surface area contributed by atoms with Gasteiger partial charge in [0.2, 0.25) is 0 Å². The van der Waals surface area contributed by atoms with Crippen molar-refractivity contribution >= 4 is 17.5 Å². The molecule has 4 N–H and O–H groups in total. The van der Waals surface area contributed by atoms with Crippen LogP contribution in [0.1, 0.15) is 12.6 Å². The first-order valence-electron chi connectivity index (χ1n) is 7.24. The van der Waals surface area contributed by atoms with Gasteiger partial charge in [-0.25, -0.2) is 15.0 Å². The summed E-state index contributed by atoms with van der Waals surface area (Å²) in [6.07, 6.45) is 0. The quantitative estimate of drug-likeness (QED) is 0.833. The molecule has 0 aromatic carbocycles. The van der Waals surface area contributed by atoms with E-state index in [2.05, 4.69) is 26.8 Å². The normalized spacial score (nSPS) is 17.7. The van der Waals surface area contributed by atoms with Crippen LogP contribution >= 0.6 is 0 Å². The molecule has 0 radical (unpaired) electrons. The Morgan fingerprint density at radius 3 is 2.74 bits per heavy atom. The molecule has 1 saturated heterocycles. The van der Waals surface area contributed by atoms with Crippen LogP contribution in [-0.2, 0) is 4.74 Å². The number of aromatic nitrogens is 3. The molecule has 0 aliphatic carbocycles. The van der Waals surface area contributed by atoms with E-state index in [0.29, 0.717) is 30.4 Å². The second-order valence-electron chi connectivity index (χ2n) is 5.37. The minimum atomic E-state index is 0.197. The Kier molecular flexibility index (Phi) is 3.95. The van der Waals surface area contributed by atoms with E-state index in [0.717, 1.165) is 12.4 Å². The van der Waals surface area contributed by atoms with E-state index in [1.54, 1.807) is 18.2 Å². The van der Waals surface area contributed by atoms with Gasteiger partial charge >= 0.3 is 0 Å². The third-order valence-electron chi connectivity index (χ3n) is 3.61. The van der Waals surface area contributed by atoms with Crippen molar-refractivity contribution in [3.8, 4) is 17.5 Å². The monoisotopic (exact) mass is 311 g/mol. The summed E-state index contributed by atoms with van der Waals surface area (Å²) in [6, 6.07) is 7.13. The molecule has 8 heteroatoms. The Morgan fingerprint density at radius 1 is 1.22 bits per heavy atom. The Balaban J connectivity index is 2.04. The van der Waals surface area contributed by atoms with Gasteiger partial charge in [-0.1, -0.05) is 0 Å². The highest BCUT2D eigenvalue weighted by Gasteiger charge is 2.21. The molecule has 0 bridgehead atoms. The molecule has 0 spiro atoms. The highest BCUT2D eigenvalue weighted by atomic mass is 16.5. The number of rotatable bonds is 2. The zero-order valence-electron chi connectivity index (χ0n) is 12.7. The molecular weight excluding hydrogens is 294 g/mol. The van der Waals surface area contributed by atoms with Gasteiger partial charge in [0.05, 0.1) is 19.3 Å². The SMILES string of the molecule is CC1COCCN1c1cc(N)nc(-c2cc(N)nc(C#N)c2)n1. The highest BCUT2D eigenvalue weighted by Crippen LogP contribution is 2.25. The van der Waals surface area contributed by atoms with Crippen LogP contribution in [-0.4, -0.2) is 40.8 Å². The van der Waals surface area contributed by atoms with Gasteiger partial charge in [-0.15, -0.1) is 0 Å². The van der Waals surface area contributed by atoms with Crippen molar-refractivity contribution in [2.45, 2.75) is 13.0 Å². The van der Waals surface area contributed by atoms with Crippen molar-refractivity contribution in [2.75, 3.05) is 36.1 Å². The smallest absolute Gasteiger partial charge is 0.164 e. The average Bonchev–Trinajstić information content (AvgIpc) is 2.54. The standard InChI is InChI=1S/C15H17N7O/c1-9-8-23-3-2-22(9)14-6-13(18)20-15(21-14)10-4-11(7-16)19-12(17)5-10/h4-6,9H,2-3,8H2,1H3,(H2,17,19)(H2,18,20,21). The lowest BCUT2D eigenvalue weighted by atomic mass is 10.2. The molecule has 1 unspecified atom stereocenters. The first-order chi connectivity index (χ1) is 11.1. The molecular formula is C15H17N7O. The van der Waals surface area contributed by atoms with Crippen molar-refractivity contribution in [3.63, 3.8) is 0 Å². The van der Waals surface area contributed by atoms with Gasteiger partial charge < -0.3 is 21.1 Å². The fourth-order valence-electron chi connectivity index (χ4n) is 2.53. The number of nitrogens with two attached hydrogens (primary N) is 2. The zero-order chi connectivity index (χ0) is 16.4. The fraction of sp³-hybridized carbons (Fsp3) is 0.333. The lowest BCUT2D eigenvalue weighted by Crippen LogP contribution is -2.44. The minimum absolute atomic E-state index is 0.197. The van der Waals surface area contributed by atoms with Crippen LogP contribution in [0.3, 0.4) is 0 Å².